The Kier molecular flexibility index (Phi) is 7.41. The van der Waals surface area contributed by atoms with Gasteiger partial charge in [-0.3, -0.25) is 0 Å². The zero-order chi connectivity index (χ0) is 24.6. The van der Waals surface area contributed by atoms with Crippen molar-refractivity contribution in [2.75, 3.05) is 0 Å². The van der Waals surface area contributed by atoms with E-state index < -0.39 is 31.0 Å². The molecule has 4 aromatic rings. The molecular weight excluding hydrogens is 686 g/mol. The van der Waals surface area contributed by atoms with Gasteiger partial charge in [0, 0.05) is 0 Å². The third-order valence-electron chi connectivity index (χ3n) is 8.72. The van der Waals surface area contributed by atoms with Crippen molar-refractivity contribution in [3.05, 3.63) is 130 Å². The molecule has 0 nitrogen and oxygen atoms in total. The van der Waals surface area contributed by atoms with Crippen LogP contribution in [0.1, 0.15) is 43.5 Å². The predicted octanol–water partition coefficient (Wildman–Crippen LogP) is 3.27. The van der Waals surface area contributed by atoms with E-state index in [0.29, 0.717) is 7.35 Å². The molecule has 1 aliphatic heterocycles. The summed E-state index contributed by atoms with van der Waals surface area (Å²) in [7, 11) is -2.02. The topological polar surface area (TPSA) is 0 Å². The first kappa shape index (κ1) is 27.6. The van der Waals surface area contributed by atoms with Gasteiger partial charge in [0.05, 0.1) is 0 Å². The molecule has 2 aliphatic carbocycles. The number of allylic oxidation sites excluding steroid dienone is 2. The van der Waals surface area contributed by atoms with E-state index in [9.17, 15) is 0 Å². The normalized spacial score (nSPS) is 19.7. The SMILES string of the molecule is CC1=C2c3c(-c4ccccc4)cccc3[CH]1[Hf+2][CH]1C(C)=C(c3c(-c4ccccc4)cccc31)[Si]2(C)C.[Cl-].[Cl-]. The van der Waals surface area contributed by atoms with Crippen LogP contribution in [0, 0.1) is 0 Å². The van der Waals surface area contributed by atoms with Crippen molar-refractivity contribution in [1.82, 2.24) is 0 Å². The average molecular weight is 716 g/mol. The molecule has 2 unspecified atom stereocenters. The molecule has 0 radical (unpaired) electrons. The molecule has 38 heavy (non-hydrogen) atoms. The molecular formula is C34H30Cl2HfSi. The molecule has 4 bridgehead atoms. The second-order valence-corrected chi connectivity index (χ2v) is 20.6. The smallest absolute Gasteiger partial charge is 1.00 e. The standard InChI is InChI=1S/C34H30Si.2ClH.Hf/c1-23-21-27-17-11-19-29(25-13-7-5-8-14-25)31(27)33(23)35(3,4)34-24(2)22-28-18-12-20-30(32(28)34)26-15-9-6-10-16-26;;;/h5-22H,1-4H3;2*1H;/q;;;+2/p-2. The van der Waals surface area contributed by atoms with Crippen LogP contribution < -0.4 is 24.8 Å². The molecule has 4 heteroatoms. The Labute approximate surface area is 251 Å². The van der Waals surface area contributed by atoms with Gasteiger partial charge in [0.25, 0.3) is 0 Å². The summed E-state index contributed by atoms with van der Waals surface area (Å²) in [5.41, 5.74) is 15.5. The van der Waals surface area contributed by atoms with Crippen molar-refractivity contribution in [1.29, 1.82) is 0 Å². The Morgan fingerprint density at radius 3 is 1.32 bits per heavy atom. The molecule has 3 aliphatic rings. The maximum absolute atomic E-state index is 2.64. The predicted molar refractivity (Wildman–Crippen MR) is 152 cm³/mol. The molecule has 0 aromatic heterocycles. The van der Waals surface area contributed by atoms with Crippen LogP contribution in [-0.4, -0.2) is 8.07 Å². The minimum atomic E-state index is -2.02. The van der Waals surface area contributed by atoms with E-state index >= 15 is 0 Å². The van der Waals surface area contributed by atoms with E-state index in [4.69, 9.17) is 0 Å². The molecule has 0 spiro atoms. The van der Waals surface area contributed by atoms with E-state index in [-0.39, 0.29) is 24.8 Å². The van der Waals surface area contributed by atoms with Gasteiger partial charge in [-0.2, -0.15) is 0 Å². The Bertz CT molecular complexity index is 1480. The number of fused-ring (bicyclic) bond motifs is 8. The molecule has 0 amide bonds. The van der Waals surface area contributed by atoms with Crippen molar-refractivity contribution < 1.29 is 47.7 Å². The molecule has 188 valence electrons. The fourth-order valence-corrected chi connectivity index (χ4v) is 19.8. The van der Waals surface area contributed by atoms with Crippen LogP contribution in [0.25, 0.3) is 32.6 Å². The van der Waals surface area contributed by atoms with E-state index in [2.05, 4.69) is 124 Å². The minimum absolute atomic E-state index is 0. The fraction of sp³-hybridized carbons (Fsp3) is 0.176. The first-order valence-electron chi connectivity index (χ1n) is 13.0. The number of hydrogen-bond acceptors (Lipinski definition) is 0. The van der Waals surface area contributed by atoms with Gasteiger partial charge in [-0.1, -0.05) is 0 Å². The van der Waals surface area contributed by atoms with Crippen molar-refractivity contribution >= 4 is 18.5 Å². The molecule has 0 fully saturated rings. The molecule has 4 aromatic carbocycles. The molecule has 0 saturated carbocycles. The fourth-order valence-electron chi connectivity index (χ4n) is 7.38. The zero-order valence-corrected chi connectivity index (χ0v) is 28.3. The first-order valence-corrected chi connectivity index (χ1v) is 20.2. The van der Waals surface area contributed by atoms with Crippen LogP contribution in [0.15, 0.2) is 108 Å². The molecule has 0 N–H and O–H groups in total. The molecule has 2 atom stereocenters. The Morgan fingerprint density at radius 2 is 0.921 bits per heavy atom. The second-order valence-electron chi connectivity index (χ2n) is 11.0. The summed E-state index contributed by atoms with van der Waals surface area (Å²) in [5, 5.41) is 3.47. The van der Waals surface area contributed by atoms with Gasteiger partial charge < -0.3 is 24.8 Å². The summed E-state index contributed by atoms with van der Waals surface area (Å²) in [4.78, 5) is 0. The van der Waals surface area contributed by atoms with Crippen LogP contribution in [0.5, 0.6) is 0 Å². The van der Waals surface area contributed by atoms with E-state index in [1.165, 1.54) is 22.3 Å². The Balaban J connectivity index is 0.00000147. The zero-order valence-electron chi connectivity index (χ0n) is 22.1. The summed E-state index contributed by atoms with van der Waals surface area (Å²) >= 11 is -1.15. The quantitative estimate of drug-likeness (QED) is 0.280. The first-order chi connectivity index (χ1) is 17.5. The third-order valence-corrected chi connectivity index (χ3v) is 20.3. The van der Waals surface area contributed by atoms with Gasteiger partial charge in [0.1, 0.15) is 0 Å². The van der Waals surface area contributed by atoms with E-state index in [0.717, 1.165) is 0 Å². The summed E-state index contributed by atoms with van der Waals surface area (Å²) in [6.07, 6.45) is 0. The van der Waals surface area contributed by atoms with E-state index in [1.807, 2.05) is 0 Å². The summed E-state index contributed by atoms with van der Waals surface area (Å²) in [6.45, 7) is 10.3. The molecule has 7 rings (SSSR count). The average Bonchev–Trinajstić information content (AvgIpc) is 3.37. The number of halogens is 2. The summed E-state index contributed by atoms with van der Waals surface area (Å²) < 4.78 is 1.39. The van der Waals surface area contributed by atoms with Gasteiger partial charge in [-0.05, 0) is 0 Å². The van der Waals surface area contributed by atoms with Crippen molar-refractivity contribution in [2.45, 2.75) is 34.3 Å². The molecule has 1 heterocycles. The van der Waals surface area contributed by atoms with Crippen molar-refractivity contribution in [3.63, 3.8) is 0 Å². The van der Waals surface area contributed by atoms with Gasteiger partial charge in [-0.25, -0.2) is 0 Å². The van der Waals surface area contributed by atoms with Crippen LogP contribution in [-0.2, 0) is 22.9 Å². The van der Waals surface area contributed by atoms with Gasteiger partial charge in [-0.15, -0.1) is 0 Å². The van der Waals surface area contributed by atoms with Crippen LogP contribution in [0.3, 0.4) is 0 Å². The number of benzene rings is 4. The Hall–Kier alpha value is -1.97. The maximum Gasteiger partial charge on any atom is -1.00 e. The maximum atomic E-state index is 2.64. The second kappa shape index (κ2) is 10.2. The number of rotatable bonds is 2. The van der Waals surface area contributed by atoms with Crippen molar-refractivity contribution in [3.8, 4) is 22.3 Å². The molecule has 0 saturated heterocycles. The monoisotopic (exact) mass is 716 g/mol. The van der Waals surface area contributed by atoms with Gasteiger partial charge >= 0.3 is 228 Å². The van der Waals surface area contributed by atoms with Crippen LogP contribution >= 0.6 is 0 Å². The van der Waals surface area contributed by atoms with Crippen LogP contribution in [0.4, 0.5) is 0 Å². The third kappa shape index (κ3) is 3.86. The van der Waals surface area contributed by atoms with Crippen LogP contribution in [0.2, 0.25) is 13.1 Å². The van der Waals surface area contributed by atoms with Gasteiger partial charge in [0.2, 0.25) is 0 Å². The van der Waals surface area contributed by atoms with E-state index in [1.54, 1.807) is 43.8 Å². The minimum Gasteiger partial charge on any atom is -1.00 e. The number of hydrogen-bond donors (Lipinski definition) is 0. The van der Waals surface area contributed by atoms with Gasteiger partial charge in [0.15, 0.2) is 0 Å². The largest absolute Gasteiger partial charge is 1.00 e. The van der Waals surface area contributed by atoms with Crippen molar-refractivity contribution in [2.24, 2.45) is 0 Å². The summed E-state index contributed by atoms with van der Waals surface area (Å²) in [6, 6.07) is 36.6. The Morgan fingerprint density at radius 1 is 0.526 bits per heavy atom. The summed E-state index contributed by atoms with van der Waals surface area (Å²) in [5.74, 6) is 0.